The van der Waals surface area contributed by atoms with Crippen molar-refractivity contribution in [3.8, 4) is 0 Å². The summed E-state index contributed by atoms with van der Waals surface area (Å²) in [6.07, 6.45) is 3.59. The fraction of sp³-hybridized carbons (Fsp3) is 0.462. The van der Waals surface area contributed by atoms with Gasteiger partial charge >= 0.3 is 5.97 Å². The molecule has 2 aromatic rings. The highest BCUT2D eigenvalue weighted by Crippen LogP contribution is 2.21. The smallest absolute Gasteiger partial charge is 0.335 e. The SMILES string of the molecule is O=C(O)c1ccn2nc(CC3CCCS(=O)(=O)C3)nc2c1. The van der Waals surface area contributed by atoms with Crippen molar-refractivity contribution in [2.45, 2.75) is 19.3 Å². The molecule has 1 fully saturated rings. The number of sulfone groups is 1. The lowest BCUT2D eigenvalue weighted by Gasteiger charge is -2.20. The monoisotopic (exact) mass is 309 g/mol. The number of aromatic carboxylic acids is 1. The molecule has 1 unspecified atom stereocenters. The number of fused-ring (bicyclic) bond motifs is 1. The maximum atomic E-state index is 11.6. The van der Waals surface area contributed by atoms with Crippen LogP contribution in [0.1, 0.15) is 29.0 Å². The third-order valence-electron chi connectivity index (χ3n) is 3.66. The van der Waals surface area contributed by atoms with Gasteiger partial charge in [0.15, 0.2) is 21.3 Å². The quantitative estimate of drug-likeness (QED) is 0.899. The zero-order valence-corrected chi connectivity index (χ0v) is 12.1. The van der Waals surface area contributed by atoms with Crippen LogP contribution in [-0.4, -0.2) is 45.6 Å². The number of pyridine rings is 1. The summed E-state index contributed by atoms with van der Waals surface area (Å²) in [6, 6.07) is 2.91. The molecule has 1 atom stereocenters. The molecular formula is C13H15N3O4S. The highest BCUT2D eigenvalue weighted by molar-refractivity contribution is 7.91. The second-order valence-corrected chi connectivity index (χ2v) is 7.61. The average molecular weight is 309 g/mol. The number of carboxylic acids is 1. The molecular weight excluding hydrogens is 294 g/mol. The second kappa shape index (κ2) is 5.10. The topological polar surface area (TPSA) is 102 Å². The lowest BCUT2D eigenvalue weighted by Crippen LogP contribution is -2.26. The van der Waals surface area contributed by atoms with E-state index < -0.39 is 15.8 Å². The maximum absolute atomic E-state index is 11.6. The Labute approximate surface area is 121 Å². The summed E-state index contributed by atoms with van der Waals surface area (Å²) < 4.78 is 24.8. The molecule has 3 rings (SSSR count). The summed E-state index contributed by atoms with van der Waals surface area (Å²) in [5, 5.41) is 13.2. The molecule has 0 bridgehead atoms. The standard InChI is InChI=1S/C13H15N3O4S/c17-13(18)10-3-4-16-12(7-10)14-11(15-16)6-9-2-1-5-21(19,20)8-9/h3-4,7,9H,1-2,5-6,8H2,(H,17,18). The third kappa shape index (κ3) is 3.05. The average Bonchev–Trinajstić information content (AvgIpc) is 2.78. The van der Waals surface area contributed by atoms with Gasteiger partial charge in [0.2, 0.25) is 0 Å². The largest absolute Gasteiger partial charge is 0.478 e. The molecule has 7 nitrogen and oxygen atoms in total. The van der Waals surface area contributed by atoms with Crippen molar-refractivity contribution in [3.05, 3.63) is 29.7 Å². The van der Waals surface area contributed by atoms with Crippen LogP contribution in [0.2, 0.25) is 0 Å². The first-order chi connectivity index (χ1) is 9.93. The van der Waals surface area contributed by atoms with Crippen molar-refractivity contribution in [3.63, 3.8) is 0 Å². The Hall–Kier alpha value is -1.96. The normalized spacial score (nSPS) is 21.4. The van der Waals surface area contributed by atoms with Crippen molar-refractivity contribution in [2.75, 3.05) is 11.5 Å². The van der Waals surface area contributed by atoms with Gasteiger partial charge in [0, 0.05) is 12.6 Å². The molecule has 0 amide bonds. The van der Waals surface area contributed by atoms with E-state index in [0.29, 0.717) is 24.3 Å². The molecule has 112 valence electrons. The fourth-order valence-electron chi connectivity index (χ4n) is 2.68. The molecule has 2 aromatic heterocycles. The Morgan fingerprint density at radius 1 is 1.48 bits per heavy atom. The number of hydrogen-bond acceptors (Lipinski definition) is 5. The molecule has 1 aliphatic rings. The van der Waals surface area contributed by atoms with Crippen molar-refractivity contribution < 1.29 is 18.3 Å². The predicted octanol–water partition coefficient (Wildman–Crippen LogP) is 0.795. The third-order valence-corrected chi connectivity index (χ3v) is 5.55. The van der Waals surface area contributed by atoms with Gasteiger partial charge in [-0.3, -0.25) is 0 Å². The van der Waals surface area contributed by atoms with Gasteiger partial charge in [-0.25, -0.2) is 22.7 Å². The predicted molar refractivity (Wildman–Crippen MR) is 75.0 cm³/mol. The number of rotatable bonds is 3. The van der Waals surface area contributed by atoms with E-state index in [2.05, 4.69) is 10.1 Å². The van der Waals surface area contributed by atoms with Crippen molar-refractivity contribution in [1.29, 1.82) is 0 Å². The Kier molecular flexibility index (Phi) is 3.40. The van der Waals surface area contributed by atoms with E-state index in [1.54, 1.807) is 6.20 Å². The van der Waals surface area contributed by atoms with Crippen molar-refractivity contribution >= 4 is 21.5 Å². The molecule has 0 saturated carbocycles. The Bertz CT molecular complexity index is 797. The van der Waals surface area contributed by atoms with Crippen LogP contribution >= 0.6 is 0 Å². The number of carbonyl (C=O) groups is 1. The van der Waals surface area contributed by atoms with Gasteiger partial charge in [0.25, 0.3) is 0 Å². The van der Waals surface area contributed by atoms with Crippen LogP contribution in [0.15, 0.2) is 18.3 Å². The summed E-state index contributed by atoms with van der Waals surface area (Å²) in [6.45, 7) is 0. The lowest BCUT2D eigenvalue weighted by atomic mass is 10.0. The number of carboxylic acid groups (broad SMARTS) is 1. The maximum Gasteiger partial charge on any atom is 0.335 e. The number of hydrogen-bond donors (Lipinski definition) is 1. The number of aromatic nitrogens is 3. The second-order valence-electron chi connectivity index (χ2n) is 5.38. The molecule has 1 saturated heterocycles. The van der Waals surface area contributed by atoms with Crippen molar-refractivity contribution in [2.24, 2.45) is 5.92 Å². The van der Waals surface area contributed by atoms with Gasteiger partial charge in [0.1, 0.15) is 0 Å². The van der Waals surface area contributed by atoms with Crippen LogP contribution in [-0.2, 0) is 16.3 Å². The molecule has 1 N–H and O–H groups in total. The first-order valence-corrected chi connectivity index (χ1v) is 8.54. The van der Waals surface area contributed by atoms with E-state index in [0.717, 1.165) is 6.42 Å². The summed E-state index contributed by atoms with van der Waals surface area (Å²) in [4.78, 5) is 15.2. The Morgan fingerprint density at radius 3 is 3.00 bits per heavy atom. The highest BCUT2D eigenvalue weighted by atomic mass is 32.2. The van der Waals surface area contributed by atoms with Gasteiger partial charge in [-0.05, 0) is 30.9 Å². The fourth-order valence-corrected chi connectivity index (χ4v) is 4.46. The molecule has 0 spiro atoms. The van der Waals surface area contributed by atoms with E-state index in [1.165, 1.54) is 16.6 Å². The van der Waals surface area contributed by atoms with E-state index in [1.807, 2.05) is 0 Å². The minimum Gasteiger partial charge on any atom is -0.478 e. The van der Waals surface area contributed by atoms with Gasteiger partial charge in [-0.1, -0.05) is 0 Å². The highest BCUT2D eigenvalue weighted by Gasteiger charge is 2.26. The molecule has 0 aliphatic carbocycles. The molecule has 8 heteroatoms. The van der Waals surface area contributed by atoms with Gasteiger partial charge in [0.05, 0.1) is 17.1 Å². The number of nitrogens with zero attached hydrogens (tertiary/aromatic N) is 3. The summed E-state index contributed by atoms with van der Waals surface area (Å²) in [5.41, 5.74) is 0.616. The first kappa shape index (κ1) is 14.0. The summed E-state index contributed by atoms with van der Waals surface area (Å²) in [7, 11) is -2.94. The van der Waals surface area contributed by atoms with Crippen LogP contribution in [0.5, 0.6) is 0 Å². The van der Waals surface area contributed by atoms with Gasteiger partial charge in [-0.2, -0.15) is 5.10 Å². The van der Waals surface area contributed by atoms with Crippen LogP contribution in [0.3, 0.4) is 0 Å². The minimum atomic E-state index is -2.94. The van der Waals surface area contributed by atoms with Gasteiger partial charge < -0.3 is 5.11 Å². The molecule has 0 radical (unpaired) electrons. The van der Waals surface area contributed by atoms with Gasteiger partial charge in [-0.15, -0.1) is 0 Å². The molecule has 0 aromatic carbocycles. The van der Waals surface area contributed by atoms with Crippen LogP contribution in [0.25, 0.3) is 5.65 Å². The summed E-state index contributed by atoms with van der Waals surface area (Å²) >= 11 is 0. The molecule has 3 heterocycles. The summed E-state index contributed by atoms with van der Waals surface area (Å²) in [5.74, 6) is 0.0349. The van der Waals surface area contributed by atoms with Crippen molar-refractivity contribution in [1.82, 2.24) is 14.6 Å². The van der Waals surface area contributed by atoms with E-state index in [-0.39, 0.29) is 23.0 Å². The molecule has 1 aliphatic heterocycles. The Balaban J connectivity index is 1.83. The van der Waals surface area contributed by atoms with Crippen LogP contribution < -0.4 is 0 Å². The first-order valence-electron chi connectivity index (χ1n) is 6.72. The van der Waals surface area contributed by atoms with Crippen LogP contribution in [0.4, 0.5) is 0 Å². The zero-order valence-electron chi connectivity index (χ0n) is 11.3. The lowest BCUT2D eigenvalue weighted by molar-refractivity contribution is 0.0697. The minimum absolute atomic E-state index is 0.0418. The van der Waals surface area contributed by atoms with E-state index >= 15 is 0 Å². The zero-order chi connectivity index (χ0) is 15.0. The molecule has 21 heavy (non-hydrogen) atoms. The van der Waals surface area contributed by atoms with E-state index in [4.69, 9.17) is 5.11 Å². The van der Waals surface area contributed by atoms with Crippen LogP contribution in [0, 0.1) is 5.92 Å². The Morgan fingerprint density at radius 2 is 2.29 bits per heavy atom. The van der Waals surface area contributed by atoms with E-state index in [9.17, 15) is 13.2 Å².